The minimum absolute atomic E-state index is 0.123. The first-order valence-electron chi connectivity index (χ1n) is 4.96. The van der Waals surface area contributed by atoms with Crippen LogP contribution in [-0.4, -0.2) is 48.7 Å². The second-order valence-corrected chi connectivity index (χ2v) is 3.40. The van der Waals surface area contributed by atoms with E-state index in [9.17, 15) is 14.4 Å². The predicted molar refractivity (Wildman–Crippen MR) is 52.6 cm³/mol. The summed E-state index contributed by atoms with van der Waals surface area (Å²) in [6.45, 7) is -0.00672. The number of hydrogen-bond donors (Lipinski definition) is 3. The lowest BCUT2D eigenvalue weighted by Crippen LogP contribution is -2.42. The number of nitrogens with one attached hydrogen (secondary N) is 2. The third-order valence-electron chi connectivity index (χ3n) is 2.08. The summed E-state index contributed by atoms with van der Waals surface area (Å²) in [6, 6.07) is -0.466. The highest BCUT2D eigenvalue weighted by molar-refractivity contribution is 5.90. The first-order chi connectivity index (χ1) is 7.59. The molecule has 1 atom stereocenters. The van der Waals surface area contributed by atoms with Gasteiger partial charge in [0.1, 0.15) is 12.6 Å². The van der Waals surface area contributed by atoms with Gasteiger partial charge in [-0.05, 0) is 6.42 Å². The van der Waals surface area contributed by atoms with E-state index >= 15 is 0 Å². The molecule has 16 heavy (non-hydrogen) atoms. The average Bonchev–Trinajstić information content (AvgIpc) is 2.63. The van der Waals surface area contributed by atoms with Crippen LogP contribution >= 0.6 is 0 Å². The highest BCUT2D eigenvalue weighted by Crippen LogP contribution is 2.05. The van der Waals surface area contributed by atoms with Crippen molar-refractivity contribution in [2.45, 2.75) is 18.9 Å². The molecule has 90 valence electrons. The topological polar surface area (TPSA) is 105 Å². The molecule has 0 saturated carbocycles. The third kappa shape index (κ3) is 4.26. The molecule has 0 aromatic carbocycles. The van der Waals surface area contributed by atoms with Gasteiger partial charge in [0.2, 0.25) is 11.8 Å². The van der Waals surface area contributed by atoms with Crippen molar-refractivity contribution in [1.82, 2.24) is 10.6 Å². The van der Waals surface area contributed by atoms with Gasteiger partial charge in [-0.15, -0.1) is 0 Å². The Morgan fingerprint density at radius 2 is 2.31 bits per heavy atom. The fraction of sp³-hybridized carbons (Fsp3) is 0.667. The highest BCUT2D eigenvalue weighted by atomic mass is 16.5. The minimum Gasteiger partial charge on any atom is -0.480 e. The van der Waals surface area contributed by atoms with Crippen LogP contribution in [0.4, 0.5) is 0 Å². The monoisotopic (exact) mass is 230 g/mol. The van der Waals surface area contributed by atoms with Crippen molar-refractivity contribution in [3.63, 3.8) is 0 Å². The number of rotatable bonds is 6. The number of carbonyl (C=O) groups excluding carboxylic acids is 2. The van der Waals surface area contributed by atoms with Crippen molar-refractivity contribution in [3.8, 4) is 0 Å². The molecule has 0 spiro atoms. The first kappa shape index (κ1) is 12.4. The number of carbonyl (C=O) groups is 3. The lowest BCUT2D eigenvalue weighted by Gasteiger charge is -2.10. The highest BCUT2D eigenvalue weighted by Gasteiger charge is 2.26. The van der Waals surface area contributed by atoms with Crippen LogP contribution in [0.1, 0.15) is 12.8 Å². The Balaban J connectivity index is 2.06. The number of carboxylic acids is 1. The lowest BCUT2D eigenvalue weighted by atomic mass is 10.2. The van der Waals surface area contributed by atoms with Gasteiger partial charge in [0.25, 0.3) is 0 Å². The molecule has 0 aromatic rings. The summed E-state index contributed by atoms with van der Waals surface area (Å²) in [5.41, 5.74) is 0. The van der Waals surface area contributed by atoms with Crippen molar-refractivity contribution < 1.29 is 24.2 Å². The zero-order chi connectivity index (χ0) is 12.0. The molecule has 1 heterocycles. The zero-order valence-electron chi connectivity index (χ0n) is 8.69. The Hall–Kier alpha value is -1.63. The zero-order valence-corrected chi connectivity index (χ0v) is 8.69. The molecule has 1 aliphatic heterocycles. The standard InChI is InChI=1S/C9H14N2O5/c12-7-2-1-6(11-7)9(15)10-3-4-16-5-8(13)14/h6H,1-5H2,(H,10,15)(H,11,12)(H,13,14)/t6-/m1/s1. The van der Waals surface area contributed by atoms with Gasteiger partial charge in [0.15, 0.2) is 0 Å². The van der Waals surface area contributed by atoms with E-state index < -0.39 is 12.0 Å². The molecule has 0 aliphatic carbocycles. The van der Waals surface area contributed by atoms with Crippen LogP contribution in [0.3, 0.4) is 0 Å². The third-order valence-corrected chi connectivity index (χ3v) is 2.08. The molecule has 1 fully saturated rings. The van der Waals surface area contributed by atoms with Crippen molar-refractivity contribution >= 4 is 17.8 Å². The first-order valence-corrected chi connectivity index (χ1v) is 4.96. The summed E-state index contributed by atoms with van der Waals surface area (Å²) in [4.78, 5) is 32.3. The van der Waals surface area contributed by atoms with Gasteiger partial charge in [0, 0.05) is 13.0 Å². The van der Waals surface area contributed by atoms with Crippen LogP contribution in [-0.2, 0) is 19.1 Å². The summed E-state index contributed by atoms with van der Waals surface area (Å²) in [7, 11) is 0. The van der Waals surface area contributed by atoms with Crippen LogP contribution < -0.4 is 10.6 Å². The van der Waals surface area contributed by atoms with Gasteiger partial charge >= 0.3 is 5.97 Å². The van der Waals surface area contributed by atoms with E-state index in [1.807, 2.05) is 0 Å². The van der Waals surface area contributed by atoms with Crippen molar-refractivity contribution in [3.05, 3.63) is 0 Å². The Bertz CT molecular complexity index is 292. The average molecular weight is 230 g/mol. The lowest BCUT2D eigenvalue weighted by molar-refractivity contribution is -0.142. The molecule has 2 amide bonds. The fourth-order valence-electron chi connectivity index (χ4n) is 1.34. The van der Waals surface area contributed by atoms with Crippen LogP contribution in [0.2, 0.25) is 0 Å². The molecular formula is C9H14N2O5. The molecule has 7 nitrogen and oxygen atoms in total. The molecule has 1 aliphatic rings. The number of carboxylic acid groups (broad SMARTS) is 1. The van der Waals surface area contributed by atoms with E-state index in [4.69, 9.17) is 9.84 Å². The second-order valence-electron chi connectivity index (χ2n) is 3.40. The maximum absolute atomic E-state index is 11.4. The molecule has 1 rings (SSSR count). The molecular weight excluding hydrogens is 216 g/mol. The predicted octanol–water partition coefficient (Wildman–Crippen LogP) is -1.52. The summed E-state index contributed by atoms with van der Waals surface area (Å²) in [5.74, 6) is -1.43. The molecule has 0 bridgehead atoms. The summed E-state index contributed by atoms with van der Waals surface area (Å²) in [5, 5.41) is 13.3. The van der Waals surface area contributed by atoms with Gasteiger partial charge in [-0.2, -0.15) is 0 Å². The number of ether oxygens (including phenoxy) is 1. The van der Waals surface area contributed by atoms with Crippen LogP contribution in [0.5, 0.6) is 0 Å². The second kappa shape index (κ2) is 6.06. The SMILES string of the molecule is O=C(O)COCCNC(=O)[C@H]1CCC(=O)N1. The van der Waals surface area contributed by atoms with Gasteiger partial charge in [0.05, 0.1) is 6.61 Å². The Morgan fingerprint density at radius 1 is 1.56 bits per heavy atom. The van der Waals surface area contributed by atoms with E-state index in [2.05, 4.69) is 10.6 Å². The summed E-state index contributed by atoms with van der Waals surface area (Å²) < 4.78 is 4.73. The fourth-order valence-corrected chi connectivity index (χ4v) is 1.34. The van der Waals surface area contributed by atoms with Crippen molar-refractivity contribution in [2.24, 2.45) is 0 Å². The molecule has 3 N–H and O–H groups in total. The van der Waals surface area contributed by atoms with Gasteiger partial charge < -0.3 is 20.5 Å². The number of amides is 2. The summed E-state index contributed by atoms with van der Waals surface area (Å²) in [6.07, 6.45) is 0.869. The Labute approximate surface area is 92.1 Å². The van der Waals surface area contributed by atoms with Gasteiger partial charge in [-0.1, -0.05) is 0 Å². The van der Waals surface area contributed by atoms with Gasteiger partial charge in [-0.3, -0.25) is 9.59 Å². The van der Waals surface area contributed by atoms with E-state index in [1.54, 1.807) is 0 Å². The normalized spacial score (nSPS) is 19.2. The number of aliphatic carboxylic acids is 1. The largest absolute Gasteiger partial charge is 0.480 e. The molecule has 0 aromatic heterocycles. The van der Waals surface area contributed by atoms with Gasteiger partial charge in [-0.25, -0.2) is 4.79 Å². The van der Waals surface area contributed by atoms with E-state index in [-0.39, 0.29) is 31.6 Å². The maximum atomic E-state index is 11.4. The quantitative estimate of drug-likeness (QED) is 0.481. The minimum atomic E-state index is -1.05. The smallest absolute Gasteiger partial charge is 0.329 e. The van der Waals surface area contributed by atoms with Crippen LogP contribution in [0, 0.1) is 0 Å². The van der Waals surface area contributed by atoms with E-state index in [1.165, 1.54) is 0 Å². The maximum Gasteiger partial charge on any atom is 0.329 e. The Morgan fingerprint density at radius 3 is 2.88 bits per heavy atom. The molecule has 0 unspecified atom stereocenters. The van der Waals surface area contributed by atoms with Crippen molar-refractivity contribution in [2.75, 3.05) is 19.8 Å². The van der Waals surface area contributed by atoms with E-state index in [0.29, 0.717) is 12.8 Å². The molecule has 1 saturated heterocycles. The van der Waals surface area contributed by atoms with Crippen molar-refractivity contribution in [1.29, 1.82) is 0 Å². The molecule has 0 radical (unpaired) electrons. The van der Waals surface area contributed by atoms with Crippen LogP contribution in [0.25, 0.3) is 0 Å². The summed E-state index contributed by atoms with van der Waals surface area (Å²) >= 11 is 0. The molecule has 7 heteroatoms. The van der Waals surface area contributed by atoms with E-state index in [0.717, 1.165) is 0 Å². The van der Waals surface area contributed by atoms with Crippen LogP contribution in [0.15, 0.2) is 0 Å². The Kier molecular flexibility index (Phi) is 4.71. The number of hydrogen-bond acceptors (Lipinski definition) is 4.